The predicted octanol–water partition coefficient (Wildman–Crippen LogP) is 1.87. The van der Waals surface area contributed by atoms with Crippen molar-refractivity contribution in [3.8, 4) is 0 Å². The van der Waals surface area contributed by atoms with Gasteiger partial charge in [-0.1, -0.05) is 6.08 Å². The van der Waals surface area contributed by atoms with Gasteiger partial charge in [-0.25, -0.2) is 0 Å². The minimum atomic E-state index is -4.29. The fourth-order valence-corrected chi connectivity index (χ4v) is 1.56. The third-order valence-corrected chi connectivity index (χ3v) is 2.41. The highest BCUT2D eigenvalue weighted by Gasteiger charge is 2.55. The monoisotopic (exact) mass is 209 g/mol. The second-order valence-corrected chi connectivity index (χ2v) is 3.34. The molecule has 1 heterocycles. The number of halogens is 3. The third-order valence-electron chi connectivity index (χ3n) is 2.41. The van der Waals surface area contributed by atoms with Gasteiger partial charge >= 0.3 is 6.18 Å². The van der Waals surface area contributed by atoms with Gasteiger partial charge in [0.25, 0.3) is 0 Å². The number of hydrogen-bond acceptors (Lipinski definition) is 2. The molecule has 0 saturated carbocycles. The van der Waals surface area contributed by atoms with Gasteiger partial charge < -0.3 is 10.1 Å². The molecule has 0 aliphatic carbocycles. The molecule has 0 radical (unpaired) electrons. The molecule has 0 aromatic rings. The minimum Gasteiger partial charge on any atom is -0.361 e. The molecule has 1 aliphatic rings. The molecule has 0 aromatic heterocycles. The Hall–Kier alpha value is -0.550. The number of ether oxygens (including phenoxy) is 1. The van der Waals surface area contributed by atoms with Crippen molar-refractivity contribution in [1.82, 2.24) is 5.32 Å². The highest BCUT2D eigenvalue weighted by molar-refractivity contribution is 4.93. The first kappa shape index (κ1) is 11.5. The zero-order valence-corrected chi connectivity index (χ0v) is 7.86. The Morgan fingerprint density at radius 1 is 1.36 bits per heavy atom. The summed E-state index contributed by atoms with van der Waals surface area (Å²) < 4.78 is 43.1. The highest BCUT2D eigenvalue weighted by Crippen LogP contribution is 2.40. The van der Waals surface area contributed by atoms with Gasteiger partial charge in [0.05, 0.1) is 6.61 Å². The quantitative estimate of drug-likeness (QED) is 0.716. The number of piperidine rings is 1. The van der Waals surface area contributed by atoms with E-state index in [1.807, 2.05) is 0 Å². The smallest absolute Gasteiger partial charge is 0.361 e. The zero-order valence-electron chi connectivity index (χ0n) is 7.86. The summed E-state index contributed by atoms with van der Waals surface area (Å²) in [5, 5.41) is 2.88. The van der Waals surface area contributed by atoms with Crippen LogP contribution in [0.25, 0.3) is 0 Å². The fourth-order valence-electron chi connectivity index (χ4n) is 1.56. The average molecular weight is 209 g/mol. The van der Waals surface area contributed by atoms with Crippen molar-refractivity contribution in [3.63, 3.8) is 0 Å². The molecular formula is C9H14F3NO. The average Bonchev–Trinajstić information content (AvgIpc) is 2.14. The van der Waals surface area contributed by atoms with Crippen molar-refractivity contribution < 1.29 is 17.9 Å². The van der Waals surface area contributed by atoms with E-state index in [2.05, 4.69) is 11.9 Å². The minimum absolute atomic E-state index is 0.0235. The Morgan fingerprint density at radius 2 is 1.93 bits per heavy atom. The van der Waals surface area contributed by atoms with Crippen LogP contribution in [-0.2, 0) is 4.74 Å². The van der Waals surface area contributed by atoms with E-state index in [0.717, 1.165) is 0 Å². The SMILES string of the molecule is C=CCOC1(C(F)(F)F)CCNCC1. The molecule has 0 bridgehead atoms. The maximum atomic E-state index is 12.7. The summed E-state index contributed by atoms with van der Waals surface area (Å²) >= 11 is 0. The first-order valence-electron chi connectivity index (χ1n) is 4.54. The molecule has 82 valence electrons. The summed E-state index contributed by atoms with van der Waals surface area (Å²) in [5.41, 5.74) is -1.97. The zero-order chi connectivity index (χ0) is 10.7. The number of alkyl halides is 3. The van der Waals surface area contributed by atoms with Crippen molar-refractivity contribution in [2.75, 3.05) is 19.7 Å². The molecule has 5 heteroatoms. The lowest BCUT2D eigenvalue weighted by atomic mass is 9.91. The van der Waals surface area contributed by atoms with Crippen molar-refractivity contribution in [1.29, 1.82) is 0 Å². The molecule has 0 amide bonds. The van der Waals surface area contributed by atoms with Gasteiger partial charge in [-0.15, -0.1) is 6.58 Å². The molecule has 0 spiro atoms. The van der Waals surface area contributed by atoms with Crippen LogP contribution in [0.1, 0.15) is 12.8 Å². The second-order valence-electron chi connectivity index (χ2n) is 3.34. The summed E-state index contributed by atoms with van der Waals surface area (Å²) in [6, 6.07) is 0. The molecule has 0 aromatic carbocycles. The number of rotatable bonds is 3. The van der Waals surface area contributed by atoms with Crippen molar-refractivity contribution in [3.05, 3.63) is 12.7 Å². The second kappa shape index (κ2) is 4.31. The molecule has 1 rings (SSSR count). The molecule has 0 atom stereocenters. The van der Waals surface area contributed by atoms with Crippen LogP contribution in [-0.4, -0.2) is 31.5 Å². The van der Waals surface area contributed by atoms with E-state index in [1.165, 1.54) is 6.08 Å². The van der Waals surface area contributed by atoms with Crippen LogP contribution >= 0.6 is 0 Å². The van der Waals surface area contributed by atoms with E-state index >= 15 is 0 Å². The molecule has 1 aliphatic heterocycles. The van der Waals surface area contributed by atoms with Crippen LogP contribution in [0.4, 0.5) is 13.2 Å². The van der Waals surface area contributed by atoms with E-state index in [9.17, 15) is 13.2 Å². The standard InChI is InChI=1S/C9H14F3NO/c1-2-7-14-8(9(10,11)12)3-5-13-6-4-8/h2,13H,1,3-7H2. The maximum absolute atomic E-state index is 12.7. The van der Waals surface area contributed by atoms with Gasteiger partial charge in [0.2, 0.25) is 0 Å². The van der Waals surface area contributed by atoms with Crippen LogP contribution in [0.2, 0.25) is 0 Å². The summed E-state index contributed by atoms with van der Waals surface area (Å²) in [6.07, 6.45) is -3.00. The van der Waals surface area contributed by atoms with Gasteiger partial charge in [-0.05, 0) is 25.9 Å². The van der Waals surface area contributed by atoms with E-state index in [0.29, 0.717) is 13.1 Å². The third kappa shape index (κ3) is 2.27. The molecule has 1 fully saturated rings. The van der Waals surface area contributed by atoms with Crippen LogP contribution in [0.5, 0.6) is 0 Å². The van der Waals surface area contributed by atoms with E-state index in [1.54, 1.807) is 0 Å². The lowest BCUT2D eigenvalue weighted by molar-refractivity contribution is -0.282. The van der Waals surface area contributed by atoms with E-state index in [4.69, 9.17) is 4.74 Å². The van der Waals surface area contributed by atoms with Crippen molar-refractivity contribution in [2.24, 2.45) is 0 Å². The van der Waals surface area contributed by atoms with Gasteiger partial charge in [-0.3, -0.25) is 0 Å². The largest absolute Gasteiger partial charge is 0.417 e. The molecular weight excluding hydrogens is 195 g/mol. The summed E-state index contributed by atoms with van der Waals surface area (Å²) in [4.78, 5) is 0. The van der Waals surface area contributed by atoms with Gasteiger partial charge in [0.1, 0.15) is 0 Å². The molecule has 14 heavy (non-hydrogen) atoms. The van der Waals surface area contributed by atoms with Crippen LogP contribution in [0.3, 0.4) is 0 Å². The van der Waals surface area contributed by atoms with Crippen LogP contribution < -0.4 is 5.32 Å². The Kier molecular flexibility index (Phi) is 3.55. The van der Waals surface area contributed by atoms with E-state index in [-0.39, 0.29) is 19.4 Å². The van der Waals surface area contributed by atoms with Gasteiger partial charge in [-0.2, -0.15) is 13.2 Å². The van der Waals surface area contributed by atoms with Crippen molar-refractivity contribution in [2.45, 2.75) is 24.6 Å². The van der Waals surface area contributed by atoms with Crippen molar-refractivity contribution >= 4 is 0 Å². The van der Waals surface area contributed by atoms with Gasteiger partial charge in [0, 0.05) is 0 Å². The Bertz CT molecular complexity index is 197. The summed E-state index contributed by atoms with van der Waals surface area (Å²) in [6.45, 7) is 3.98. The van der Waals surface area contributed by atoms with E-state index < -0.39 is 11.8 Å². The topological polar surface area (TPSA) is 21.3 Å². The first-order chi connectivity index (χ1) is 6.52. The summed E-state index contributed by atoms with van der Waals surface area (Å²) in [7, 11) is 0. The molecule has 2 nitrogen and oxygen atoms in total. The number of nitrogens with one attached hydrogen (secondary N) is 1. The Balaban J connectivity index is 2.71. The lowest BCUT2D eigenvalue weighted by Crippen LogP contribution is -2.54. The predicted molar refractivity (Wildman–Crippen MR) is 47.0 cm³/mol. The van der Waals surface area contributed by atoms with Crippen LogP contribution in [0.15, 0.2) is 12.7 Å². The summed E-state index contributed by atoms with van der Waals surface area (Å²) in [5.74, 6) is 0. The number of hydrogen-bond donors (Lipinski definition) is 1. The van der Waals surface area contributed by atoms with Gasteiger partial charge in [0.15, 0.2) is 5.60 Å². The fraction of sp³-hybridized carbons (Fsp3) is 0.778. The molecule has 0 unspecified atom stereocenters. The molecule has 1 N–H and O–H groups in total. The lowest BCUT2D eigenvalue weighted by Gasteiger charge is -2.38. The molecule has 1 saturated heterocycles. The highest BCUT2D eigenvalue weighted by atomic mass is 19.4. The first-order valence-corrected chi connectivity index (χ1v) is 4.54. The normalized spacial score (nSPS) is 21.9. The maximum Gasteiger partial charge on any atom is 0.417 e. The Morgan fingerprint density at radius 3 is 2.36 bits per heavy atom. The van der Waals surface area contributed by atoms with Crippen LogP contribution in [0, 0.1) is 0 Å². The Labute approximate surface area is 81.1 Å².